The third-order valence-electron chi connectivity index (χ3n) is 3.48. The number of rotatable bonds is 2. The lowest BCUT2D eigenvalue weighted by molar-refractivity contribution is -0.113. The number of hydrogen-bond donors (Lipinski definition) is 1. The predicted octanol–water partition coefficient (Wildman–Crippen LogP) is 3.05. The van der Waals surface area contributed by atoms with Crippen molar-refractivity contribution in [3.63, 3.8) is 0 Å². The second-order valence-corrected chi connectivity index (χ2v) is 6.39. The van der Waals surface area contributed by atoms with Crippen LogP contribution in [0.4, 0.5) is 4.79 Å². The second-order valence-electron chi connectivity index (χ2n) is 6.39. The number of ether oxygens (including phenoxy) is 1. The molecule has 0 aliphatic heterocycles. The van der Waals surface area contributed by atoms with Gasteiger partial charge in [0.25, 0.3) is 0 Å². The molecule has 0 spiro atoms. The Hall–Kier alpha value is -1.06. The van der Waals surface area contributed by atoms with Gasteiger partial charge in [-0.25, -0.2) is 4.79 Å². The summed E-state index contributed by atoms with van der Waals surface area (Å²) in [6, 6.07) is 0. The Morgan fingerprint density at radius 1 is 1.33 bits per heavy atom. The zero-order valence-electron chi connectivity index (χ0n) is 11.9. The van der Waals surface area contributed by atoms with Gasteiger partial charge in [-0.2, -0.15) is 0 Å². The summed E-state index contributed by atoms with van der Waals surface area (Å²) in [7, 11) is 0. The van der Waals surface area contributed by atoms with Gasteiger partial charge in [-0.15, -0.1) is 0 Å². The van der Waals surface area contributed by atoms with Crippen LogP contribution in [0.5, 0.6) is 0 Å². The summed E-state index contributed by atoms with van der Waals surface area (Å²) < 4.78 is 5.27. The van der Waals surface area contributed by atoms with Crippen molar-refractivity contribution < 1.29 is 14.3 Å². The van der Waals surface area contributed by atoms with Gasteiger partial charge in [0.15, 0.2) is 0 Å². The van der Waals surface area contributed by atoms with Crippen molar-refractivity contribution in [3.8, 4) is 0 Å². The number of carbonyl (C=O) groups is 2. The molecule has 1 fully saturated rings. The van der Waals surface area contributed by atoms with Gasteiger partial charge < -0.3 is 14.8 Å². The number of alkyl carbamates (subject to hydrolysis) is 1. The van der Waals surface area contributed by atoms with Gasteiger partial charge in [-0.1, -0.05) is 19.3 Å². The highest BCUT2D eigenvalue weighted by Crippen LogP contribution is 2.31. The molecule has 2 atom stereocenters. The van der Waals surface area contributed by atoms with Gasteiger partial charge in [-0.05, 0) is 40.5 Å². The lowest BCUT2D eigenvalue weighted by Gasteiger charge is -2.35. The molecular formula is C14H25NO3. The minimum absolute atomic E-state index is 0.118. The van der Waals surface area contributed by atoms with Crippen LogP contribution in [0.15, 0.2) is 0 Å². The first-order chi connectivity index (χ1) is 8.27. The molecule has 0 heterocycles. The van der Waals surface area contributed by atoms with Gasteiger partial charge in [0, 0.05) is 11.5 Å². The van der Waals surface area contributed by atoms with Crippen LogP contribution in [-0.4, -0.2) is 23.5 Å². The maximum absolute atomic E-state index is 11.9. The molecular weight excluding hydrogens is 230 g/mol. The first kappa shape index (κ1) is 15.0. The highest BCUT2D eigenvalue weighted by Gasteiger charge is 2.37. The predicted molar refractivity (Wildman–Crippen MR) is 70.4 cm³/mol. The Morgan fingerprint density at radius 2 is 2.00 bits per heavy atom. The maximum atomic E-state index is 11.9. The molecule has 4 heteroatoms. The van der Waals surface area contributed by atoms with Crippen LogP contribution in [0.1, 0.15) is 59.8 Å². The Bertz CT molecular complexity index is 309. The minimum atomic E-state index is -0.512. The molecule has 104 valence electrons. The van der Waals surface area contributed by atoms with E-state index in [9.17, 15) is 9.59 Å². The molecule has 2 unspecified atom stereocenters. The minimum Gasteiger partial charge on any atom is -0.444 e. The van der Waals surface area contributed by atoms with E-state index in [1.807, 2.05) is 27.7 Å². The van der Waals surface area contributed by atoms with Crippen LogP contribution >= 0.6 is 0 Å². The monoisotopic (exact) mass is 255 g/mol. The van der Waals surface area contributed by atoms with Crippen molar-refractivity contribution in [2.45, 2.75) is 70.9 Å². The zero-order chi connectivity index (χ0) is 13.8. The van der Waals surface area contributed by atoms with Crippen molar-refractivity contribution >= 4 is 12.4 Å². The Balaban J connectivity index is 2.70. The summed E-state index contributed by atoms with van der Waals surface area (Å²) in [6.07, 6.45) is 5.43. The molecule has 1 saturated carbocycles. The van der Waals surface area contributed by atoms with Gasteiger partial charge >= 0.3 is 6.09 Å². The third kappa shape index (κ3) is 4.31. The van der Waals surface area contributed by atoms with Crippen molar-refractivity contribution in [2.24, 2.45) is 5.92 Å². The smallest absolute Gasteiger partial charge is 0.408 e. The molecule has 1 amide bonds. The first-order valence-electron chi connectivity index (χ1n) is 6.73. The average molecular weight is 255 g/mol. The number of nitrogens with one attached hydrogen (secondary N) is 1. The molecule has 0 bridgehead atoms. The molecule has 1 rings (SSSR count). The molecule has 0 aromatic heterocycles. The normalized spacial score (nSPS) is 29.2. The quantitative estimate of drug-likeness (QED) is 0.609. The summed E-state index contributed by atoms with van der Waals surface area (Å²) in [5.74, 6) is -0.118. The molecule has 1 N–H and O–H groups in total. The number of hydrogen-bond acceptors (Lipinski definition) is 3. The zero-order valence-corrected chi connectivity index (χ0v) is 11.9. The van der Waals surface area contributed by atoms with Crippen LogP contribution in [0, 0.1) is 5.92 Å². The maximum Gasteiger partial charge on any atom is 0.408 e. The molecule has 0 radical (unpaired) electrons. The Kier molecular flexibility index (Phi) is 4.77. The van der Waals surface area contributed by atoms with E-state index in [1.54, 1.807) is 0 Å². The topological polar surface area (TPSA) is 55.4 Å². The molecule has 0 aromatic carbocycles. The van der Waals surface area contributed by atoms with Gasteiger partial charge in [0.2, 0.25) is 0 Å². The molecule has 18 heavy (non-hydrogen) atoms. The van der Waals surface area contributed by atoms with Crippen LogP contribution in [-0.2, 0) is 9.53 Å². The lowest BCUT2D eigenvalue weighted by Crippen LogP contribution is -2.52. The van der Waals surface area contributed by atoms with E-state index in [0.29, 0.717) is 0 Å². The van der Waals surface area contributed by atoms with Crippen molar-refractivity contribution in [2.75, 3.05) is 0 Å². The second kappa shape index (κ2) is 5.72. The number of amides is 1. The highest BCUT2D eigenvalue weighted by molar-refractivity contribution is 5.70. The third-order valence-corrected chi connectivity index (χ3v) is 3.48. The summed E-state index contributed by atoms with van der Waals surface area (Å²) in [4.78, 5) is 23.1. The fourth-order valence-electron chi connectivity index (χ4n) is 2.45. The highest BCUT2D eigenvalue weighted by atomic mass is 16.6. The number of aldehydes is 1. The SMILES string of the molecule is CC(C)(C)OC(=O)NC1(C)CCCCCC1C=O. The van der Waals surface area contributed by atoms with Crippen LogP contribution in [0.3, 0.4) is 0 Å². The lowest BCUT2D eigenvalue weighted by atomic mass is 9.82. The largest absolute Gasteiger partial charge is 0.444 e. The summed E-state index contributed by atoms with van der Waals surface area (Å²) >= 11 is 0. The molecule has 1 aliphatic carbocycles. The standard InChI is InChI=1S/C14H25NO3/c1-13(2,3)18-12(17)15-14(4)9-7-5-6-8-11(14)10-16/h10-11H,5-9H2,1-4H3,(H,15,17). The molecule has 4 nitrogen and oxygen atoms in total. The van der Waals surface area contributed by atoms with E-state index in [1.165, 1.54) is 0 Å². The van der Waals surface area contributed by atoms with Crippen molar-refractivity contribution in [1.82, 2.24) is 5.32 Å². The van der Waals surface area contributed by atoms with Gasteiger partial charge in [0.05, 0.1) is 0 Å². The van der Waals surface area contributed by atoms with E-state index in [-0.39, 0.29) is 5.92 Å². The summed E-state index contributed by atoms with van der Waals surface area (Å²) in [5, 5.41) is 2.90. The van der Waals surface area contributed by atoms with Crippen LogP contribution in [0.25, 0.3) is 0 Å². The molecule has 0 saturated heterocycles. The Morgan fingerprint density at radius 3 is 2.56 bits per heavy atom. The number of carbonyl (C=O) groups excluding carboxylic acids is 2. The van der Waals surface area contributed by atoms with Gasteiger partial charge in [0.1, 0.15) is 11.9 Å². The van der Waals surface area contributed by atoms with E-state index in [4.69, 9.17) is 4.74 Å². The van der Waals surface area contributed by atoms with Crippen LogP contribution in [0.2, 0.25) is 0 Å². The van der Waals surface area contributed by atoms with Crippen molar-refractivity contribution in [3.05, 3.63) is 0 Å². The fraction of sp³-hybridized carbons (Fsp3) is 0.857. The fourth-order valence-corrected chi connectivity index (χ4v) is 2.45. The van der Waals surface area contributed by atoms with Gasteiger partial charge in [-0.3, -0.25) is 0 Å². The van der Waals surface area contributed by atoms with Crippen molar-refractivity contribution in [1.29, 1.82) is 0 Å². The van der Waals surface area contributed by atoms with E-state index >= 15 is 0 Å². The Labute approximate surface area is 109 Å². The van der Waals surface area contributed by atoms with E-state index in [0.717, 1.165) is 38.4 Å². The summed E-state index contributed by atoms with van der Waals surface area (Å²) in [5.41, 5.74) is -0.984. The summed E-state index contributed by atoms with van der Waals surface area (Å²) in [6.45, 7) is 7.44. The van der Waals surface area contributed by atoms with E-state index in [2.05, 4.69) is 5.32 Å². The average Bonchev–Trinajstić information content (AvgIpc) is 2.36. The van der Waals surface area contributed by atoms with E-state index < -0.39 is 17.2 Å². The molecule has 1 aliphatic rings. The van der Waals surface area contributed by atoms with Crippen LogP contribution < -0.4 is 5.32 Å². The first-order valence-corrected chi connectivity index (χ1v) is 6.73. The molecule has 0 aromatic rings.